The van der Waals surface area contributed by atoms with E-state index in [1.54, 1.807) is 22.4 Å². The third-order valence-corrected chi connectivity index (χ3v) is 7.90. The molecule has 0 radical (unpaired) electrons. The SMILES string of the molecule is CCOC(=O)c1cc(Cl)c2c(C(C)C)nn(-c3cccc(C)c3)c2n1.Cc1cccc(-n2nc(C(C)C)c3c(N)cc(C(=O)O)nc32)c1. The number of aryl methyl sites for hydroxylation is 2. The summed E-state index contributed by atoms with van der Waals surface area (Å²) in [6, 6.07) is 18.7. The minimum atomic E-state index is -1.11. The van der Waals surface area contributed by atoms with Gasteiger partial charge in [-0.3, -0.25) is 0 Å². The minimum Gasteiger partial charge on any atom is -0.477 e. The highest BCUT2D eigenvalue weighted by Crippen LogP contribution is 2.33. The van der Waals surface area contributed by atoms with Crippen LogP contribution in [0, 0.1) is 13.8 Å². The number of esters is 1. The lowest BCUT2D eigenvalue weighted by Crippen LogP contribution is -2.08. The number of nitrogen functional groups attached to an aromatic ring is 1. The first-order chi connectivity index (χ1) is 22.8. The number of anilines is 1. The van der Waals surface area contributed by atoms with Crippen LogP contribution < -0.4 is 5.73 Å². The van der Waals surface area contributed by atoms with Crippen LogP contribution in [0.2, 0.25) is 5.02 Å². The first-order valence-electron chi connectivity index (χ1n) is 15.6. The lowest BCUT2D eigenvalue weighted by molar-refractivity contribution is 0.0519. The number of carboxylic acids is 1. The number of nitrogens with zero attached hydrogens (tertiary/aromatic N) is 6. The molecule has 11 nitrogen and oxygen atoms in total. The van der Waals surface area contributed by atoms with Gasteiger partial charge in [-0.1, -0.05) is 63.6 Å². The van der Waals surface area contributed by atoms with Crippen molar-refractivity contribution in [1.82, 2.24) is 29.5 Å². The molecule has 0 aliphatic rings. The summed E-state index contributed by atoms with van der Waals surface area (Å²) in [7, 11) is 0. The van der Waals surface area contributed by atoms with E-state index in [-0.39, 0.29) is 29.8 Å². The number of benzene rings is 2. The fourth-order valence-electron chi connectivity index (χ4n) is 5.38. The van der Waals surface area contributed by atoms with E-state index in [1.807, 2.05) is 76.2 Å². The number of fused-ring (bicyclic) bond motifs is 2. The Hall–Kier alpha value is -5.29. The zero-order chi connectivity index (χ0) is 34.9. The highest BCUT2D eigenvalue weighted by Gasteiger charge is 2.23. The van der Waals surface area contributed by atoms with Crippen LogP contribution in [-0.2, 0) is 4.74 Å². The Kier molecular flexibility index (Phi) is 9.81. The molecule has 48 heavy (non-hydrogen) atoms. The summed E-state index contributed by atoms with van der Waals surface area (Å²) in [5, 5.41) is 20.5. The van der Waals surface area contributed by atoms with Crippen LogP contribution in [0.1, 0.15) is 89.9 Å². The van der Waals surface area contributed by atoms with Gasteiger partial charge in [0.1, 0.15) is 0 Å². The van der Waals surface area contributed by atoms with Crippen molar-refractivity contribution in [2.24, 2.45) is 0 Å². The van der Waals surface area contributed by atoms with Gasteiger partial charge in [0.2, 0.25) is 0 Å². The first kappa shape index (κ1) is 34.1. The second-order valence-corrected chi connectivity index (χ2v) is 12.5. The van der Waals surface area contributed by atoms with Crippen molar-refractivity contribution in [2.75, 3.05) is 12.3 Å². The molecule has 0 bridgehead atoms. The monoisotopic (exact) mass is 667 g/mol. The van der Waals surface area contributed by atoms with E-state index in [4.69, 9.17) is 27.2 Å². The molecule has 0 aliphatic carbocycles. The molecular formula is C36H38ClN7O4. The number of nitrogens with two attached hydrogens (primary N) is 1. The molecule has 0 atom stereocenters. The smallest absolute Gasteiger partial charge is 0.357 e. The van der Waals surface area contributed by atoms with Crippen molar-refractivity contribution >= 4 is 51.3 Å². The van der Waals surface area contributed by atoms with Gasteiger partial charge in [0.25, 0.3) is 0 Å². The summed E-state index contributed by atoms with van der Waals surface area (Å²) in [5.74, 6) is -1.29. The number of carbonyl (C=O) groups excluding carboxylic acids is 1. The standard InChI is InChI=1S/C19H20ClN3O2.C17H18N4O2/c1-5-25-19(24)15-10-14(20)16-17(11(2)3)22-23(18(16)21-15)13-8-6-7-12(4)9-13;1-9(2)15-14-12(18)8-13(17(22)23)19-16(14)21(20-15)11-6-4-5-10(3)7-11/h6-11H,5H2,1-4H3;4-9H,1-3H3,(H2,18,19)(H,22,23). The number of carbonyl (C=O) groups is 2. The highest BCUT2D eigenvalue weighted by atomic mass is 35.5. The zero-order valence-corrected chi connectivity index (χ0v) is 28.7. The van der Waals surface area contributed by atoms with E-state index in [0.29, 0.717) is 27.4 Å². The van der Waals surface area contributed by atoms with Crippen LogP contribution in [0.4, 0.5) is 5.69 Å². The lowest BCUT2D eigenvalue weighted by atomic mass is 10.1. The average molecular weight is 668 g/mol. The van der Waals surface area contributed by atoms with Gasteiger partial charge >= 0.3 is 11.9 Å². The van der Waals surface area contributed by atoms with Gasteiger partial charge in [0, 0.05) is 5.69 Å². The average Bonchev–Trinajstić information content (AvgIpc) is 3.62. The first-order valence-corrected chi connectivity index (χ1v) is 16.0. The maximum atomic E-state index is 12.1. The number of hydrogen-bond donors (Lipinski definition) is 2. The number of aromatic carboxylic acids is 1. The second-order valence-electron chi connectivity index (χ2n) is 12.1. The number of hydrogen-bond acceptors (Lipinski definition) is 8. The Morgan fingerprint density at radius 1 is 0.812 bits per heavy atom. The van der Waals surface area contributed by atoms with Crippen molar-refractivity contribution in [1.29, 1.82) is 0 Å². The summed E-state index contributed by atoms with van der Waals surface area (Å²) in [6.45, 7) is 14.2. The number of rotatable bonds is 7. The molecule has 2 aromatic carbocycles. The molecule has 6 aromatic rings. The minimum absolute atomic E-state index is 0.0842. The van der Waals surface area contributed by atoms with Crippen molar-refractivity contribution in [3.63, 3.8) is 0 Å². The van der Waals surface area contributed by atoms with Gasteiger partial charge in [-0.2, -0.15) is 10.2 Å². The van der Waals surface area contributed by atoms with E-state index < -0.39 is 11.9 Å². The molecule has 4 aromatic heterocycles. The number of carboxylic acid groups (broad SMARTS) is 1. The third-order valence-electron chi connectivity index (χ3n) is 7.60. The molecule has 248 valence electrons. The second kappa shape index (κ2) is 13.8. The summed E-state index contributed by atoms with van der Waals surface area (Å²) in [5.41, 5.74) is 13.2. The normalized spacial score (nSPS) is 11.3. The number of pyridine rings is 2. The quantitative estimate of drug-likeness (QED) is 0.162. The van der Waals surface area contributed by atoms with Crippen molar-refractivity contribution in [3.8, 4) is 11.4 Å². The molecule has 0 saturated heterocycles. The fraction of sp³-hybridized carbons (Fsp3) is 0.278. The van der Waals surface area contributed by atoms with E-state index in [1.165, 1.54) is 6.07 Å². The van der Waals surface area contributed by atoms with E-state index in [9.17, 15) is 14.7 Å². The topological polar surface area (TPSA) is 151 Å². The Balaban J connectivity index is 0.000000188. The molecule has 0 amide bonds. The molecule has 0 aliphatic heterocycles. The van der Waals surface area contributed by atoms with E-state index >= 15 is 0 Å². The predicted octanol–water partition coefficient (Wildman–Crippen LogP) is 7.82. The van der Waals surface area contributed by atoms with Crippen LogP contribution in [0.25, 0.3) is 33.4 Å². The Labute approximate surface area is 283 Å². The van der Waals surface area contributed by atoms with Crippen LogP contribution in [0.15, 0.2) is 60.7 Å². The zero-order valence-electron chi connectivity index (χ0n) is 27.9. The fourth-order valence-corrected chi connectivity index (χ4v) is 5.66. The maximum Gasteiger partial charge on any atom is 0.357 e. The van der Waals surface area contributed by atoms with Crippen molar-refractivity contribution in [2.45, 2.75) is 60.3 Å². The Bertz CT molecular complexity index is 2170. The summed E-state index contributed by atoms with van der Waals surface area (Å²) in [6.07, 6.45) is 0. The van der Waals surface area contributed by atoms with Gasteiger partial charge < -0.3 is 15.6 Å². The van der Waals surface area contributed by atoms with Gasteiger partial charge in [-0.05, 0) is 80.1 Å². The van der Waals surface area contributed by atoms with Crippen LogP contribution in [0.5, 0.6) is 0 Å². The van der Waals surface area contributed by atoms with Crippen molar-refractivity contribution in [3.05, 3.63) is 99.6 Å². The van der Waals surface area contributed by atoms with Crippen LogP contribution >= 0.6 is 11.6 Å². The largest absolute Gasteiger partial charge is 0.477 e. The predicted molar refractivity (Wildman–Crippen MR) is 188 cm³/mol. The summed E-state index contributed by atoms with van der Waals surface area (Å²) < 4.78 is 8.47. The molecular weight excluding hydrogens is 630 g/mol. The van der Waals surface area contributed by atoms with Gasteiger partial charge in [0.05, 0.1) is 45.2 Å². The summed E-state index contributed by atoms with van der Waals surface area (Å²) in [4.78, 5) is 32.2. The van der Waals surface area contributed by atoms with Crippen molar-refractivity contribution < 1.29 is 19.4 Å². The summed E-state index contributed by atoms with van der Waals surface area (Å²) >= 11 is 6.49. The molecule has 6 rings (SSSR count). The maximum absolute atomic E-state index is 12.1. The molecule has 3 N–H and O–H groups in total. The van der Waals surface area contributed by atoms with Crippen LogP contribution in [-0.4, -0.2) is 53.2 Å². The molecule has 0 spiro atoms. The molecule has 0 saturated carbocycles. The lowest BCUT2D eigenvalue weighted by Gasteiger charge is -2.06. The number of halogens is 1. The number of aromatic nitrogens is 6. The molecule has 12 heteroatoms. The van der Waals surface area contributed by atoms with E-state index in [0.717, 1.165) is 39.3 Å². The molecule has 4 heterocycles. The van der Waals surface area contributed by atoms with Gasteiger partial charge in [-0.15, -0.1) is 0 Å². The van der Waals surface area contributed by atoms with Gasteiger partial charge in [-0.25, -0.2) is 28.9 Å². The molecule has 0 unspecified atom stereocenters. The Morgan fingerprint density at radius 3 is 1.79 bits per heavy atom. The van der Waals surface area contributed by atoms with Gasteiger partial charge in [0.15, 0.2) is 22.7 Å². The third kappa shape index (κ3) is 6.72. The number of ether oxygens (including phenoxy) is 1. The Morgan fingerprint density at radius 2 is 1.31 bits per heavy atom. The highest BCUT2D eigenvalue weighted by molar-refractivity contribution is 6.35. The van der Waals surface area contributed by atoms with Crippen LogP contribution in [0.3, 0.4) is 0 Å². The van der Waals surface area contributed by atoms with E-state index in [2.05, 4.69) is 28.9 Å². The molecule has 0 fully saturated rings.